The molecule has 27 heavy (non-hydrogen) atoms. The first kappa shape index (κ1) is 20.7. The van der Waals surface area contributed by atoms with E-state index in [9.17, 15) is 22.4 Å². The van der Waals surface area contributed by atoms with Gasteiger partial charge in [-0.05, 0) is 48.5 Å². The Labute approximate surface area is 157 Å². The Hall–Kier alpha value is -2.58. The number of hydrogen-bond acceptors (Lipinski definition) is 5. The highest BCUT2D eigenvalue weighted by Crippen LogP contribution is 2.16. The largest absolute Gasteiger partial charge is 0.454 e. The van der Waals surface area contributed by atoms with E-state index < -0.39 is 34.2 Å². The molecule has 144 valence electrons. The standard InChI is InChI=1S/C19H20FNO5S/c1-3-21(4-2)27(24,25)17-11-7-15(8-12-17)19(23)26-13-18(22)14-5-9-16(20)10-6-14/h5-12H,3-4,13H2,1-2H3. The van der Waals surface area contributed by atoms with E-state index in [1.807, 2.05) is 0 Å². The van der Waals surface area contributed by atoms with Gasteiger partial charge in [0.1, 0.15) is 5.82 Å². The first-order chi connectivity index (χ1) is 12.8. The summed E-state index contributed by atoms with van der Waals surface area (Å²) in [5.41, 5.74) is 0.352. The normalized spacial score (nSPS) is 11.4. The highest BCUT2D eigenvalue weighted by Gasteiger charge is 2.22. The highest BCUT2D eigenvalue weighted by atomic mass is 32.2. The quantitative estimate of drug-likeness (QED) is 0.509. The summed E-state index contributed by atoms with van der Waals surface area (Å²) >= 11 is 0. The van der Waals surface area contributed by atoms with Gasteiger partial charge in [0, 0.05) is 18.7 Å². The third-order valence-corrected chi connectivity index (χ3v) is 6.00. The number of ketones is 1. The number of carbonyl (C=O) groups is 2. The fraction of sp³-hybridized carbons (Fsp3) is 0.263. The van der Waals surface area contributed by atoms with Gasteiger partial charge in [0.2, 0.25) is 10.0 Å². The van der Waals surface area contributed by atoms with Gasteiger partial charge in [0.15, 0.2) is 12.4 Å². The molecule has 0 aliphatic carbocycles. The summed E-state index contributed by atoms with van der Waals surface area (Å²) in [6.45, 7) is 3.67. The number of Topliss-reactive ketones (excluding diaryl/α,β-unsaturated/α-hetero) is 1. The lowest BCUT2D eigenvalue weighted by Crippen LogP contribution is -2.30. The molecule has 2 aromatic rings. The third-order valence-electron chi connectivity index (χ3n) is 3.93. The minimum Gasteiger partial charge on any atom is -0.454 e. The Morgan fingerprint density at radius 2 is 1.44 bits per heavy atom. The molecule has 0 spiro atoms. The van der Waals surface area contributed by atoms with Gasteiger partial charge in [-0.15, -0.1) is 0 Å². The van der Waals surface area contributed by atoms with Crippen molar-refractivity contribution in [1.29, 1.82) is 0 Å². The molecule has 0 aliphatic rings. The zero-order valence-electron chi connectivity index (χ0n) is 15.0. The molecular weight excluding hydrogens is 373 g/mol. The van der Waals surface area contributed by atoms with Gasteiger partial charge >= 0.3 is 5.97 Å². The number of esters is 1. The van der Waals surface area contributed by atoms with Crippen LogP contribution in [0.2, 0.25) is 0 Å². The van der Waals surface area contributed by atoms with E-state index in [-0.39, 0.29) is 16.0 Å². The molecule has 8 heteroatoms. The maximum absolute atomic E-state index is 12.9. The number of hydrogen-bond donors (Lipinski definition) is 0. The number of benzene rings is 2. The van der Waals surface area contributed by atoms with E-state index in [4.69, 9.17) is 4.74 Å². The van der Waals surface area contributed by atoms with E-state index in [2.05, 4.69) is 0 Å². The zero-order chi connectivity index (χ0) is 20.0. The van der Waals surface area contributed by atoms with Crippen LogP contribution in [0, 0.1) is 5.82 Å². The number of sulfonamides is 1. The Morgan fingerprint density at radius 1 is 0.926 bits per heavy atom. The summed E-state index contributed by atoms with van der Waals surface area (Å²) < 4.78 is 43.9. The minimum absolute atomic E-state index is 0.0742. The molecule has 0 amide bonds. The lowest BCUT2D eigenvalue weighted by molar-refractivity contribution is 0.0474. The molecule has 0 saturated carbocycles. The first-order valence-electron chi connectivity index (χ1n) is 8.35. The van der Waals surface area contributed by atoms with Gasteiger partial charge in [0.25, 0.3) is 0 Å². The Kier molecular flexibility index (Phi) is 6.81. The molecule has 0 radical (unpaired) electrons. The van der Waals surface area contributed by atoms with Crippen LogP contribution >= 0.6 is 0 Å². The molecule has 2 aromatic carbocycles. The maximum Gasteiger partial charge on any atom is 0.338 e. The molecule has 0 aromatic heterocycles. The molecule has 0 bridgehead atoms. The topological polar surface area (TPSA) is 80.8 Å². The van der Waals surface area contributed by atoms with Gasteiger partial charge < -0.3 is 4.74 Å². The molecule has 0 aliphatic heterocycles. The second kappa shape index (κ2) is 8.88. The van der Waals surface area contributed by atoms with Crippen molar-refractivity contribution in [2.45, 2.75) is 18.7 Å². The second-order valence-corrected chi connectivity index (χ2v) is 7.56. The number of nitrogens with zero attached hydrogens (tertiary/aromatic N) is 1. The second-order valence-electron chi connectivity index (χ2n) is 5.62. The van der Waals surface area contributed by atoms with E-state index in [1.54, 1.807) is 13.8 Å². The molecule has 2 rings (SSSR count). The summed E-state index contributed by atoms with van der Waals surface area (Å²) in [5.74, 6) is -1.69. The fourth-order valence-electron chi connectivity index (χ4n) is 2.41. The summed E-state index contributed by atoms with van der Waals surface area (Å²) in [4.78, 5) is 24.1. The van der Waals surface area contributed by atoms with Crippen molar-refractivity contribution in [3.8, 4) is 0 Å². The molecule has 0 fully saturated rings. The minimum atomic E-state index is -3.61. The van der Waals surface area contributed by atoms with Crippen LogP contribution in [-0.4, -0.2) is 44.2 Å². The molecule has 0 saturated heterocycles. The van der Waals surface area contributed by atoms with Crippen LogP contribution in [0.15, 0.2) is 53.4 Å². The van der Waals surface area contributed by atoms with Gasteiger partial charge in [-0.1, -0.05) is 13.8 Å². The van der Waals surface area contributed by atoms with Gasteiger partial charge in [0.05, 0.1) is 10.5 Å². The SMILES string of the molecule is CCN(CC)S(=O)(=O)c1ccc(C(=O)OCC(=O)c2ccc(F)cc2)cc1. The molecular formula is C19H20FNO5S. The van der Waals surface area contributed by atoms with Crippen molar-refractivity contribution < 1.29 is 27.1 Å². The summed E-state index contributed by atoms with van der Waals surface area (Å²) in [7, 11) is -3.61. The average molecular weight is 393 g/mol. The van der Waals surface area contributed by atoms with Gasteiger partial charge in [-0.2, -0.15) is 4.31 Å². The van der Waals surface area contributed by atoms with Crippen LogP contribution in [0.25, 0.3) is 0 Å². The summed E-state index contributed by atoms with van der Waals surface area (Å²) in [6.07, 6.45) is 0. The van der Waals surface area contributed by atoms with E-state index in [0.29, 0.717) is 13.1 Å². The number of halogens is 1. The Balaban J connectivity index is 2.03. The first-order valence-corrected chi connectivity index (χ1v) is 9.79. The maximum atomic E-state index is 12.9. The van der Waals surface area contributed by atoms with Crippen molar-refractivity contribution in [2.24, 2.45) is 0 Å². The number of carbonyl (C=O) groups excluding carboxylic acids is 2. The van der Waals surface area contributed by atoms with Crippen LogP contribution in [0.5, 0.6) is 0 Å². The van der Waals surface area contributed by atoms with Gasteiger partial charge in [-0.25, -0.2) is 17.6 Å². The highest BCUT2D eigenvalue weighted by molar-refractivity contribution is 7.89. The van der Waals surface area contributed by atoms with Crippen LogP contribution in [0.1, 0.15) is 34.6 Å². The van der Waals surface area contributed by atoms with E-state index >= 15 is 0 Å². The van der Waals surface area contributed by atoms with Crippen LogP contribution in [0.4, 0.5) is 4.39 Å². The van der Waals surface area contributed by atoms with Crippen molar-refractivity contribution in [1.82, 2.24) is 4.31 Å². The molecule has 0 unspecified atom stereocenters. The summed E-state index contributed by atoms with van der Waals surface area (Å²) in [5, 5.41) is 0. The molecule has 0 atom stereocenters. The van der Waals surface area contributed by atoms with E-state index in [1.165, 1.54) is 40.7 Å². The monoisotopic (exact) mass is 393 g/mol. The lowest BCUT2D eigenvalue weighted by Gasteiger charge is -2.18. The van der Waals surface area contributed by atoms with Crippen molar-refractivity contribution in [3.05, 3.63) is 65.5 Å². The van der Waals surface area contributed by atoms with Crippen molar-refractivity contribution >= 4 is 21.8 Å². The zero-order valence-corrected chi connectivity index (χ0v) is 15.8. The fourth-order valence-corrected chi connectivity index (χ4v) is 3.87. The summed E-state index contributed by atoms with van der Waals surface area (Å²) in [6, 6.07) is 10.2. The Bertz CT molecular complexity index is 904. The third kappa shape index (κ3) is 4.99. The van der Waals surface area contributed by atoms with Crippen LogP contribution in [0.3, 0.4) is 0 Å². The predicted molar refractivity (Wildman–Crippen MR) is 97.6 cm³/mol. The van der Waals surface area contributed by atoms with Crippen molar-refractivity contribution in [2.75, 3.05) is 19.7 Å². The smallest absolute Gasteiger partial charge is 0.338 e. The molecule has 0 heterocycles. The lowest BCUT2D eigenvalue weighted by atomic mass is 10.1. The van der Waals surface area contributed by atoms with E-state index in [0.717, 1.165) is 12.1 Å². The number of rotatable bonds is 8. The van der Waals surface area contributed by atoms with Crippen LogP contribution < -0.4 is 0 Å². The van der Waals surface area contributed by atoms with Gasteiger partial charge in [-0.3, -0.25) is 4.79 Å². The predicted octanol–water partition coefficient (Wildman–Crippen LogP) is 2.90. The van der Waals surface area contributed by atoms with Crippen molar-refractivity contribution in [3.63, 3.8) is 0 Å². The molecule has 0 N–H and O–H groups in total. The molecule has 6 nitrogen and oxygen atoms in total. The number of ether oxygens (including phenoxy) is 1. The Morgan fingerprint density at radius 3 is 1.96 bits per heavy atom. The van der Waals surface area contributed by atoms with Crippen LogP contribution in [-0.2, 0) is 14.8 Å². The average Bonchev–Trinajstić information content (AvgIpc) is 2.67.